The van der Waals surface area contributed by atoms with E-state index < -0.39 is 11.7 Å². The van der Waals surface area contributed by atoms with Crippen molar-refractivity contribution in [3.63, 3.8) is 0 Å². The standard InChI is InChI=1S/C24H29F3N2O4.ClH/c1-31-21-14-17(15-22(32-2)23(21)33-3)20(30)8-5-9-28-10-12-29(13-11-28)19-7-4-6-18(16-19)24(25,26)27;/h4,6-7,14-16H,5,8-13H2,1-3H3;1H. The van der Waals surface area contributed by atoms with Crippen molar-refractivity contribution in [3.8, 4) is 17.2 Å². The number of rotatable bonds is 9. The van der Waals surface area contributed by atoms with E-state index in [1.807, 2.05) is 4.90 Å². The molecule has 2 aromatic rings. The molecular formula is C24H30ClF3N2O4. The summed E-state index contributed by atoms with van der Waals surface area (Å²) in [5.41, 5.74) is 0.452. The lowest BCUT2D eigenvalue weighted by molar-refractivity contribution is -0.137. The number of alkyl halides is 3. The maximum absolute atomic E-state index is 13.0. The van der Waals surface area contributed by atoms with E-state index in [9.17, 15) is 18.0 Å². The first-order valence-corrected chi connectivity index (χ1v) is 10.7. The average molecular weight is 503 g/mol. The van der Waals surface area contributed by atoms with Gasteiger partial charge in [0.15, 0.2) is 17.3 Å². The molecule has 1 saturated heterocycles. The normalized spacial score (nSPS) is 14.4. The first-order valence-electron chi connectivity index (χ1n) is 10.7. The van der Waals surface area contributed by atoms with Gasteiger partial charge in [0, 0.05) is 43.9 Å². The van der Waals surface area contributed by atoms with Gasteiger partial charge in [0.2, 0.25) is 5.75 Å². The topological polar surface area (TPSA) is 51.2 Å². The highest BCUT2D eigenvalue weighted by Crippen LogP contribution is 2.38. The number of nitrogens with zero attached hydrogens (tertiary/aromatic N) is 2. The van der Waals surface area contributed by atoms with Gasteiger partial charge in [0.05, 0.1) is 26.9 Å². The monoisotopic (exact) mass is 502 g/mol. The second-order valence-electron chi connectivity index (χ2n) is 7.82. The third-order valence-electron chi connectivity index (χ3n) is 5.78. The highest BCUT2D eigenvalue weighted by Gasteiger charge is 2.31. The fourth-order valence-electron chi connectivity index (χ4n) is 3.96. The fraction of sp³-hybridized carbons (Fsp3) is 0.458. The zero-order chi connectivity index (χ0) is 24.0. The van der Waals surface area contributed by atoms with Crippen LogP contribution in [0.15, 0.2) is 36.4 Å². The Balaban J connectivity index is 0.00000408. The Morgan fingerprint density at radius 3 is 2.09 bits per heavy atom. The Bertz CT molecular complexity index is 938. The lowest BCUT2D eigenvalue weighted by atomic mass is 10.0. The molecule has 3 rings (SSSR count). The van der Waals surface area contributed by atoms with Crippen molar-refractivity contribution in [2.45, 2.75) is 19.0 Å². The van der Waals surface area contributed by atoms with Crippen LogP contribution in [0.3, 0.4) is 0 Å². The van der Waals surface area contributed by atoms with Crippen LogP contribution < -0.4 is 19.1 Å². The van der Waals surface area contributed by atoms with Crippen LogP contribution >= 0.6 is 12.4 Å². The number of carbonyl (C=O) groups excluding carboxylic acids is 1. The molecule has 0 bridgehead atoms. The van der Waals surface area contributed by atoms with Crippen LogP contribution in [0.5, 0.6) is 17.2 Å². The summed E-state index contributed by atoms with van der Waals surface area (Å²) in [5, 5.41) is 0. The minimum absolute atomic E-state index is 0. The average Bonchev–Trinajstić information content (AvgIpc) is 2.82. The minimum Gasteiger partial charge on any atom is -0.493 e. The van der Waals surface area contributed by atoms with Crippen molar-refractivity contribution < 1.29 is 32.2 Å². The number of carbonyl (C=O) groups is 1. The van der Waals surface area contributed by atoms with Gasteiger partial charge in [-0.05, 0) is 43.3 Å². The molecule has 0 atom stereocenters. The van der Waals surface area contributed by atoms with Crippen LogP contribution in [0.2, 0.25) is 0 Å². The number of hydrogen-bond donors (Lipinski definition) is 0. The molecular weight excluding hydrogens is 473 g/mol. The van der Waals surface area contributed by atoms with Crippen LogP contribution in [0.4, 0.5) is 18.9 Å². The predicted octanol–water partition coefficient (Wildman–Crippen LogP) is 4.94. The van der Waals surface area contributed by atoms with Gasteiger partial charge < -0.3 is 19.1 Å². The van der Waals surface area contributed by atoms with Crippen molar-refractivity contribution in [1.29, 1.82) is 0 Å². The van der Waals surface area contributed by atoms with Crippen molar-refractivity contribution in [2.24, 2.45) is 0 Å². The molecule has 0 radical (unpaired) electrons. The van der Waals surface area contributed by atoms with E-state index in [0.29, 0.717) is 54.4 Å². The molecule has 10 heteroatoms. The smallest absolute Gasteiger partial charge is 0.416 e. The number of piperazine rings is 1. The number of methoxy groups -OCH3 is 3. The molecule has 2 aromatic carbocycles. The minimum atomic E-state index is -4.34. The first-order chi connectivity index (χ1) is 15.8. The maximum atomic E-state index is 13.0. The Kier molecular flexibility index (Phi) is 9.88. The highest BCUT2D eigenvalue weighted by molar-refractivity contribution is 5.97. The maximum Gasteiger partial charge on any atom is 0.416 e. The van der Waals surface area contributed by atoms with E-state index in [2.05, 4.69) is 4.90 Å². The molecule has 0 saturated carbocycles. The summed E-state index contributed by atoms with van der Waals surface area (Å²) in [7, 11) is 4.52. The number of hydrogen-bond acceptors (Lipinski definition) is 6. The summed E-state index contributed by atoms with van der Waals surface area (Å²) in [4.78, 5) is 16.9. The molecule has 0 unspecified atom stereocenters. The molecule has 1 aliphatic heterocycles. The van der Waals surface area contributed by atoms with Gasteiger partial charge in [0.1, 0.15) is 0 Å². The largest absolute Gasteiger partial charge is 0.493 e. The molecule has 0 spiro atoms. The van der Waals surface area contributed by atoms with E-state index in [-0.39, 0.29) is 18.2 Å². The van der Waals surface area contributed by atoms with E-state index in [1.165, 1.54) is 33.5 Å². The molecule has 1 aliphatic rings. The van der Waals surface area contributed by atoms with Crippen LogP contribution in [0.25, 0.3) is 0 Å². The Morgan fingerprint density at radius 1 is 0.941 bits per heavy atom. The molecule has 0 N–H and O–H groups in total. The van der Waals surface area contributed by atoms with Gasteiger partial charge in [-0.15, -0.1) is 12.4 Å². The second-order valence-corrected chi connectivity index (χ2v) is 7.82. The molecule has 1 heterocycles. The van der Waals surface area contributed by atoms with Gasteiger partial charge in [-0.25, -0.2) is 0 Å². The number of ether oxygens (including phenoxy) is 3. The quantitative estimate of drug-likeness (QED) is 0.453. The lowest BCUT2D eigenvalue weighted by Gasteiger charge is -2.36. The van der Waals surface area contributed by atoms with Crippen LogP contribution in [-0.4, -0.2) is 64.7 Å². The fourth-order valence-corrected chi connectivity index (χ4v) is 3.96. The third-order valence-corrected chi connectivity index (χ3v) is 5.78. The second kappa shape index (κ2) is 12.2. The zero-order valence-corrected chi connectivity index (χ0v) is 20.3. The number of halogens is 4. The van der Waals surface area contributed by atoms with E-state index in [1.54, 1.807) is 18.2 Å². The summed E-state index contributed by atoms with van der Waals surface area (Å²) in [6.45, 7) is 3.49. The van der Waals surface area contributed by atoms with E-state index in [4.69, 9.17) is 14.2 Å². The van der Waals surface area contributed by atoms with Crippen LogP contribution in [0.1, 0.15) is 28.8 Å². The third kappa shape index (κ3) is 6.70. The molecule has 188 valence electrons. The van der Waals surface area contributed by atoms with Crippen molar-refractivity contribution in [2.75, 3.05) is 59.0 Å². The SMILES string of the molecule is COc1cc(C(=O)CCCN2CCN(c3cccc(C(F)(F)F)c3)CC2)cc(OC)c1OC.Cl. The summed E-state index contributed by atoms with van der Waals surface area (Å²) in [5.74, 6) is 1.30. The van der Waals surface area contributed by atoms with Crippen molar-refractivity contribution >= 4 is 23.9 Å². The molecule has 1 fully saturated rings. The Hall–Kier alpha value is -2.65. The summed E-state index contributed by atoms with van der Waals surface area (Å²) >= 11 is 0. The van der Waals surface area contributed by atoms with Gasteiger partial charge >= 0.3 is 6.18 Å². The Labute approximate surface area is 204 Å². The van der Waals surface area contributed by atoms with Crippen LogP contribution in [-0.2, 0) is 6.18 Å². The summed E-state index contributed by atoms with van der Waals surface area (Å²) < 4.78 is 54.8. The predicted molar refractivity (Wildman–Crippen MR) is 127 cm³/mol. The number of benzene rings is 2. The molecule has 6 nitrogen and oxygen atoms in total. The first kappa shape index (κ1) is 27.6. The molecule has 0 aromatic heterocycles. The summed E-state index contributed by atoms with van der Waals surface area (Å²) in [6, 6.07) is 8.74. The zero-order valence-electron chi connectivity index (χ0n) is 19.5. The molecule has 34 heavy (non-hydrogen) atoms. The van der Waals surface area contributed by atoms with Crippen LogP contribution in [0, 0.1) is 0 Å². The lowest BCUT2D eigenvalue weighted by Crippen LogP contribution is -2.46. The van der Waals surface area contributed by atoms with Gasteiger partial charge in [-0.3, -0.25) is 9.69 Å². The summed E-state index contributed by atoms with van der Waals surface area (Å²) in [6.07, 6.45) is -3.30. The number of Topliss-reactive ketones (excluding diaryl/α,β-unsaturated/α-hetero) is 1. The van der Waals surface area contributed by atoms with Crippen molar-refractivity contribution in [1.82, 2.24) is 4.90 Å². The van der Waals surface area contributed by atoms with E-state index in [0.717, 1.165) is 25.7 Å². The van der Waals surface area contributed by atoms with Crippen molar-refractivity contribution in [3.05, 3.63) is 47.5 Å². The Morgan fingerprint density at radius 2 is 1.56 bits per heavy atom. The van der Waals surface area contributed by atoms with E-state index >= 15 is 0 Å². The van der Waals surface area contributed by atoms with Gasteiger partial charge in [0.25, 0.3) is 0 Å². The van der Waals surface area contributed by atoms with Gasteiger partial charge in [-0.1, -0.05) is 6.07 Å². The molecule has 0 aliphatic carbocycles. The highest BCUT2D eigenvalue weighted by atomic mass is 35.5. The molecule has 0 amide bonds. The number of ketones is 1. The number of anilines is 1. The van der Waals surface area contributed by atoms with Gasteiger partial charge in [-0.2, -0.15) is 13.2 Å².